The van der Waals surface area contributed by atoms with Crippen LogP contribution in [-0.4, -0.2) is 6.04 Å². The fourth-order valence-corrected chi connectivity index (χ4v) is 2.19. The summed E-state index contributed by atoms with van der Waals surface area (Å²) >= 11 is 0. The van der Waals surface area contributed by atoms with E-state index in [2.05, 4.69) is 5.32 Å². The minimum absolute atomic E-state index is 0.276. The van der Waals surface area contributed by atoms with Gasteiger partial charge in [-0.25, -0.2) is 8.78 Å². The summed E-state index contributed by atoms with van der Waals surface area (Å²) in [5.74, 6) is -0.561. The lowest BCUT2D eigenvalue weighted by atomic mass is 9.99. The predicted molar refractivity (Wildman–Crippen MR) is 71.7 cm³/mol. The number of halogens is 2. The molecular formula is C16H15F2N. The normalized spacial score (nSPS) is 14.6. The molecule has 0 saturated heterocycles. The second-order valence-electron chi connectivity index (χ2n) is 4.94. The van der Waals surface area contributed by atoms with Crippen LogP contribution in [0.3, 0.4) is 0 Å². The molecule has 0 bridgehead atoms. The maximum Gasteiger partial charge on any atom is 0.131 e. The minimum Gasteiger partial charge on any atom is -0.310 e. The Kier molecular flexibility index (Phi) is 3.30. The molecule has 0 unspecified atom stereocenters. The number of nitrogens with one attached hydrogen (secondary N) is 1. The highest BCUT2D eigenvalue weighted by Crippen LogP contribution is 2.28. The standard InChI is InChI=1S/C16H15F2N/c17-12-5-8-14(15-3-1-2-4-16(15)18)11(9-12)10-19-13-6-7-13/h1-5,8-9,13,19H,6-7,10H2. The molecule has 0 atom stereocenters. The lowest BCUT2D eigenvalue weighted by molar-refractivity contribution is 0.617. The van der Waals surface area contributed by atoms with Crippen molar-refractivity contribution >= 4 is 0 Å². The van der Waals surface area contributed by atoms with Crippen LogP contribution in [-0.2, 0) is 6.54 Å². The second-order valence-corrected chi connectivity index (χ2v) is 4.94. The lowest BCUT2D eigenvalue weighted by Gasteiger charge is -2.11. The Morgan fingerprint density at radius 2 is 1.79 bits per heavy atom. The number of rotatable bonds is 4. The first-order valence-electron chi connectivity index (χ1n) is 6.51. The van der Waals surface area contributed by atoms with Crippen molar-refractivity contribution in [2.24, 2.45) is 0 Å². The van der Waals surface area contributed by atoms with Crippen molar-refractivity contribution in [3.63, 3.8) is 0 Å². The van der Waals surface area contributed by atoms with E-state index in [9.17, 15) is 8.78 Å². The van der Waals surface area contributed by atoms with Gasteiger partial charge in [-0.1, -0.05) is 24.3 Å². The van der Waals surface area contributed by atoms with E-state index < -0.39 is 0 Å². The molecule has 0 radical (unpaired) electrons. The number of benzene rings is 2. The summed E-state index contributed by atoms with van der Waals surface area (Å²) < 4.78 is 27.2. The van der Waals surface area contributed by atoms with Gasteiger partial charge in [0.1, 0.15) is 11.6 Å². The van der Waals surface area contributed by atoms with Crippen LogP contribution in [0.5, 0.6) is 0 Å². The first-order valence-corrected chi connectivity index (χ1v) is 6.51. The van der Waals surface area contributed by atoms with Crippen LogP contribution in [0.1, 0.15) is 18.4 Å². The van der Waals surface area contributed by atoms with Crippen LogP contribution in [0, 0.1) is 11.6 Å². The minimum atomic E-state index is -0.285. The molecule has 1 aliphatic rings. The Morgan fingerprint density at radius 1 is 1.00 bits per heavy atom. The maximum absolute atomic E-state index is 13.9. The molecule has 0 heterocycles. The SMILES string of the molecule is Fc1ccc(-c2ccccc2F)c(CNC2CC2)c1. The molecule has 19 heavy (non-hydrogen) atoms. The first-order chi connectivity index (χ1) is 9.24. The van der Waals surface area contributed by atoms with Crippen molar-refractivity contribution in [2.45, 2.75) is 25.4 Å². The Bertz CT molecular complexity index is 591. The summed E-state index contributed by atoms with van der Waals surface area (Å²) in [5.41, 5.74) is 2.08. The molecule has 2 aromatic rings. The average molecular weight is 259 g/mol. The highest BCUT2D eigenvalue weighted by Gasteiger charge is 2.21. The van der Waals surface area contributed by atoms with Gasteiger partial charge in [0, 0.05) is 18.2 Å². The third-order valence-electron chi connectivity index (χ3n) is 3.39. The van der Waals surface area contributed by atoms with E-state index in [0.717, 1.165) is 11.1 Å². The van der Waals surface area contributed by atoms with Crippen LogP contribution in [0.25, 0.3) is 11.1 Å². The Balaban J connectivity index is 1.96. The van der Waals surface area contributed by atoms with E-state index in [-0.39, 0.29) is 11.6 Å². The van der Waals surface area contributed by atoms with Gasteiger partial charge in [0.05, 0.1) is 0 Å². The summed E-state index contributed by atoms with van der Waals surface area (Å²) in [7, 11) is 0. The topological polar surface area (TPSA) is 12.0 Å². The Labute approximate surface area is 111 Å². The van der Waals surface area contributed by atoms with Crippen molar-refractivity contribution < 1.29 is 8.78 Å². The zero-order valence-corrected chi connectivity index (χ0v) is 10.5. The van der Waals surface area contributed by atoms with Gasteiger partial charge in [-0.05, 0) is 42.2 Å². The highest BCUT2D eigenvalue weighted by molar-refractivity contribution is 5.68. The number of hydrogen-bond acceptors (Lipinski definition) is 1. The lowest BCUT2D eigenvalue weighted by Crippen LogP contribution is -2.16. The molecular weight excluding hydrogens is 244 g/mol. The van der Waals surface area contributed by atoms with E-state index in [0.29, 0.717) is 18.2 Å². The Morgan fingerprint density at radius 3 is 2.53 bits per heavy atom. The van der Waals surface area contributed by atoms with Crippen LogP contribution < -0.4 is 5.32 Å². The third-order valence-corrected chi connectivity index (χ3v) is 3.39. The van der Waals surface area contributed by atoms with E-state index in [1.54, 1.807) is 24.3 Å². The van der Waals surface area contributed by atoms with Crippen LogP contribution in [0.4, 0.5) is 8.78 Å². The summed E-state index contributed by atoms with van der Waals surface area (Å²) in [4.78, 5) is 0. The average Bonchev–Trinajstić information content (AvgIpc) is 3.22. The van der Waals surface area contributed by atoms with E-state index in [1.165, 1.54) is 31.0 Å². The first kappa shape index (κ1) is 12.3. The molecule has 1 saturated carbocycles. The van der Waals surface area contributed by atoms with Crippen LogP contribution in [0.2, 0.25) is 0 Å². The van der Waals surface area contributed by atoms with Gasteiger partial charge >= 0.3 is 0 Å². The zero-order chi connectivity index (χ0) is 13.2. The molecule has 0 spiro atoms. The molecule has 1 nitrogen and oxygen atoms in total. The molecule has 3 heteroatoms. The quantitative estimate of drug-likeness (QED) is 0.878. The molecule has 0 amide bonds. The summed E-state index contributed by atoms with van der Waals surface area (Å²) in [6, 6.07) is 11.7. The number of hydrogen-bond donors (Lipinski definition) is 1. The molecule has 0 aromatic heterocycles. The van der Waals surface area contributed by atoms with Crippen molar-refractivity contribution in [2.75, 3.05) is 0 Å². The molecule has 1 fully saturated rings. The largest absolute Gasteiger partial charge is 0.310 e. The van der Waals surface area contributed by atoms with E-state index >= 15 is 0 Å². The molecule has 2 aromatic carbocycles. The van der Waals surface area contributed by atoms with Crippen molar-refractivity contribution in [1.29, 1.82) is 0 Å². The molecule has 98 valence electrons. The molecule has 1 aliphatic carbocycles. The van der Waals surface area contributed by atoms with E-state index in [1.807, 2.05) is 0 Å². The summed E-state index contributed by atoms with van der Waals surface area (Å²) in [5, 5.41) is 3.34. The summed E-state index contributed by atoms with van der Waals surface area (Å²) in [6.45, 7) is 0.575. The highest BCUT2D eigenvalue weighted by atomic mass is 19.1. The monoisotopic (exact) mass is 259 g/mol. The zero-order valence-electron chi connectivity index (χ0n) is 10.5. The van der Waals surface area contributed by atoms with Crippen LogP contribution >= 0.6 is 0 Å². The fourth-order valence-electron chi connectivity index (χ4n) is 2.19. The molecule has 1 N–H and O–H groups in total. The van der Waals surface area contributed by atoms with Gasteiger partial charge in [0.2, 0.25) is 0 Å². The van der Waals surface area contributed by atoms with Crippen molar-refractivity contribution in [3.05, 3.63) is 59.7 Å². The van der Waals surface area contributed by atoms with Crippen molar-refractivity contribution in [1.82, 2.24) is 5.32 Å². The van der Waals surface area contributed by atoms with Gasteiger partial charge in [0.25, 0.3) is 0 Å². The third kappa shape index (κ3) is 2.82. The second kappa shape index (κ2) is 5.10. The molecule has 3 rings (SSSR count). The molecule has 0 aliphatic heterocycles. The van der Waals surface area contributed by atoms with Gasteiger partial charge in [-0.3, -0.25) is 0 Å². The Hall–Kier alpha value is -1.74. The fraction of sp³-hybridized carbons (Fsp3) is 0.250. The summed E-state index contributed by atoms with van der Waals surface area (Å²) in [6.07, 6.45) is 2.34. The van der Waals surface area contributed by atoms with Gasteiger partial charge < -0.3 is 5.32 Å². The van der Waals surface area contributed by atoms with Gasteiger partial charge in [-0.15, -0.1) is 0 Å². The van der Waals surface area contributed by atoms with Crippen molar-refractivity contribution in [3.8, 4) is 11.1 Å². The smallest absolute Gasteiger partial charge is 0.131 e. The van der Waals surface area contributed by atoms with Crippen LogP contribution in [0.15, 0.2) is 42.5 Å². The van der Waals surface area contributed by atoms with Gasteiger partial charge in [-0.2, -0.15) is 0 Å². The van der Waals surface area contributed by atoms with Gasteiger partial charge in [0.15, 0.2) is 0 Å². The predicted octanol–water partition coefficient (Wildman–Crippen LogP) is 3.88. The maximum atomic E-state index is 13.9. The van der Waals surface area contributed by atoms with E-state index in [4.69, 9.17) is 0 Å².